The molecule has 0 saturated carbocycles. The van der Waals surface area contributed by atoms with Gasteiger partial charge in [-0.05, 0) is 24.6 Å². The number of nitrogens with zero attached hydrogens (tertiary/aromatic N) is 1. The van der Waals surface area contributed by atoms with Gasteiger partial charge in [0.15, 0.2) is 0 Å². The molecule has 66 valence electrons. The summed E-state index contributed by atoms with van der Waals surface area (Å²) in [5.41, 5.74) is 2.50. The lowest BCUT2D eigenvalue weighted by Gasteiger charge is -2.16. The Morgan fingerprint density at radius 1 is 1.50 bits per heavy atom. The molecule has 2 heterocycles. The topological polar surface area (TPSA) is 24.9 Å². The van der Waals surface area contributed by atoms with Gasteiger partial charge in [0.2, 0.25) is 0 Å². The Bertz CT molecular complexity index is 276. The highest BCUT2D eigenvalue weighted by Crippen LogP contribution is 2.19. The summed E-state index contributed by atoms with van der Waals surface area (Å²) in [6, 6.07) is 2.04. The van der Waals surface area contributed by atoms with Crippen molar-refractivity contribution in [2.75, 3.05) is 6.54 Å². The fourth-order valence-electron chi connectivity index (χ4n) is 1.36. The molecule has 1 N–H and O–H groups in total. The van der Waals surface area contributed by atoms with Crippen molar-refractivity contribution in [1.82, 2.24) is 10.3 Å². The molecule has 4 heteroatoms. The van der Waals surface area contributed by atoms with Crippen molar-refractivity contribution in [3.63, 3.8) is 0 Å². The van der Waals surface area contributed by atoms with Crippen LogP contribution in [-0.4, -0.2) is 11.5 Å². The molecule has 1 aliphatic rings. The molecule has 0 aromatic carbocycles. The Hall–Kier alpha value is -0.310. The van der Waals surface area contributed by atoms with Crippen LogP contribution in [0.4, 0.5) is 0 Å². The fraction of sp³-hybridized carbons (Fsp3) is 0.375. The lowest BCUT2D eigenvalue weighted by Crippen LogP contribution is -2.24. The molecule has 1 aromatic heterocycles. The highest BCUT2D eigenvalue weighted by Gasteiger charge is 2.11. The van der Waals surface area contributed by atoms with Gasteiger partial charge in [0.1, 0.15) is 5.15 Å². The molecule has 12 heavy (non-hydrogen) atoms. The number of halogens is 2. The molecule has 0 aliphatic carbocycles. The van der Waals surface area contributed by atoms with Gasteiger partial charge in [-0.2, -0.15) is 0 Å². The quantitative estimate of drug-likeness (QED) is 0.653. The molecule has 0 unspecified atom stereocenters. The van der Waals surface area contributed by atoms with Gasteiger partial charge in [0.25, 0.3) is 0 Å². The van der Waals surface area contributed by atoms with Crippen molar-refractivity contribution in [3.8, 4) is 0 Å². The van der Waals surface area contributed by atoms with Gasteiger partial charge in [0.05, 0.1) is 0 Å². The largest absolute Gasteiger partial charge is 0.312 e. The molecule has 2 rings (SSSR count). The van der Waals surface area contributed by atoms with E-state index in [0.29, 0.717) is 5.15 Å². The molecule has 0 atom stereocenters. The molecular formula is C8H10Cl2N2. The van der Waals surface area contributed by atoms with Crippen LogP contribution in [0.25, 0.3) is 0 Å². The smallest absolute Gasteiger partial charge is 0.133 e. The first-order valence-electron chi connectivity index (χ1n) is 3.71. The van der Waals surface area contributed by atoms with Crippen LogP contribution in [0.5, 0.6) is 0 Å². The van der Waals surface area contributed by atoms with E-state index < -0.39 is 0 Å². The first-order valence-corrected chi connectivity index (χ1v) is 4.08. The Kier molecular flexibility index (Phi) is 3.32. The zero-order chi connectivity index (χ0) is 7.68. The summed E-state index contributed by atoms with van der Waals surface area (Å²) < 4.78 is 0. The van der Waals surface area contributed by atoms with E-state index in [1.165, 1.54) is 11.1 Å². The van der Waals surface area contributed by atoms with Gasteiger partial charge in [-0.1, -0.05) is 11.6 Å². The predicted octanol–water partition coefficient (Wildman–Crippen LogP) is 1.80. The molecule has 0 bridgehead atoms. The number of hydrogen-bond donors (Lipinski definition) is 1. The van der Waals surface area contributed by atoms with Crippen molar-refractivity contribution < 1.29 is 0 Å². The standard InChI is InChI=1S/C8H9ClN2.ClH/c9-8-7-5-10-3-1-6(7)2-4-11-8;/h2,4,10H,1,3,5H2;1H. The predicted molar refractivity (Wildman–Crippen MR) is 51.9 cm³/mol. The summed E-state index contributed by atoms with van der Waals surface area (Å²) >= 11 is 5.89. The second-order valence-electron chi connectivity index (χ2n) is 2.67. The summed E-state index contributed by atoms with van der Waals surface area (Å²) in [5, 5.41) is 3.91. The van der Waals surface area contributed by atoms with Crippen molar-refractivity contribution >= 4 is 24.0 Å². The van der Waals surface area contributed by atoms with Crippen LogP contribution >= 0.6 is 24.0 Å². The minimum atomic E-state index is 0. The Morgan fingerprint density at radius 3 is 3.08 bits per heavy atom. The maximum Gasteiger partial charge on any atom is 0.133 e. The lowest BCUT2D eigenvalue weighted by molar-refractivity contribution is 0.641. The summed E-state index contributed by atoms with van der Waals surface area (Å²) in [6.07, 6.45) is 2.84. The van der Waals surface area contributed by atoms with Crippen LogP contribution in [0, 0.1) is 0 Å². The maximum absolute atomic E-state index is 5.89. The summed E-state index contributed by atoms with van der Waals surface area (Å²) in [6.45, 7) is 1.91. The zero-order valence-corrected chi connectivity index (χ0v) is 8.08. The van der Waals surface area contributed by atoms with E-state index in [4.69, 9.17) is 11.6 Å². The number of nitrogens with one attached hydrogen (secondary N) is 1. The van der Waals surface area contributed by atoms with Crippen molar-refractivity contribution in [2.24, 2.45) is 0 Å². The third kappa shape index (κ3) is 1.71. The normalized spacial score (nSPS) is 14.8. The van der Waals surface area contributed by atoms with Crippen LogP contribution in [0.2, 0.25) is 5.15 Å². The lowest BCUT2D eigenvalue weighted by atomic mass is 10.0. The molecule has 2 nitrogen and oxygen atoms in total. The van der Waals surface area contributed by atoms with Crippen molar-refractivity contribution in [1.29, 1.82) is 0 Å². The van der Waals surface area contributed by atoms with E-state index in [1.54, 1.807) is 6.20 Å². The second-order valence-corrected chi connectivity index (χ2v) is 3.02. The SMILES string of the molecule is Cl.Clc1nccc2c1CNCC2. The van der Waals surface area contributed by atoms with E-state index in [0.717, 1.165) is 19.5 Å². The highest BCUT2D eigenvalue weighted by atomic mass is 35.5. The first kappa shape index (κ1) is 9.78. The number of aromatic nitrogens is 1. The molecule has 1 aliphatic heterocycles. The molecule has 0 radical (unpaired) electrons. The van der Waals surface area contributed by atoms with Gasteiger partial charge in [-0.25, -0.2) is 4.98 Å². The Morgan fingerprint density at radius 2 is 2.33 bits per heavy atom. The van der Waals surface area contributed by atoms with Crippen LogP contribution in [0.3, 0.4) is 0 Å². The van der Waals surface area contributed by atoms with Crippen molar-refractivity contribution in [2.45, 2.75) is 13.0 Å². The van der Waals surface area contributed by atoms with E-state index in [1.807, 2.05) is 6.07 Å². The fourth-order valence-corrected chi connectivity index (χ4v) is 1.61. The van der Waals surface area contributed by atoms with Crippen LogP contribution in [-0.2, 0) is 13.0 Å². The number of hydrogen-bond acceptors (Lipinski definition) is 2. The van der Waals surface area contributed by atoms with E-state index >= 15 is 0 Å². The molecule has 0 fully saturated rings. The molecular weight excluding hydrogens is 195 g/mol. The zero-order valence-electron chi connectivity index (χ0n) is 6.51. The minimum absolute atomic E-state index is 0. The minimum Gasteiger partial charge on any atom is -0.312 e. The monoisotopic (exact) mass is 204 g/mol. The number of pyridine rings is 1. The van der Waals surface area contributed by atoms with Crippen LogP contribution in [0.1, 0.15) is 11.1 Å². The molecule has 0 amide bonds. The first-order chi connectivity index (χ1) is 5.38. The average molecular weight is 205 g/mol. The molecule has 1 aromatic rings. The summed E-state index contributed by atoms with van der Waals surface area (Å²) in [5.74, 6) is 0. The molecule has 0 saturated heterocycles. The summed E-state index contributed by atoms with van der Waals surface area (Å²) in [7, 11) is 0. The summed E-state index contributed by atoms with van der Waals surface area (Å²) in [4.78, 5) is 4.02. The van der Waals surface area contributed by atoms with Crippen LogP contribution < -0.4 is 5.32 Å². The average Bonchev–Trinajstić information content (AvgIpc) is 2.06. The number of fused-ring (bicyclic) bond motifs is 1. The van der Waals surface area contributed by atoms with Gasteiger partial charge >= 0.3 is 0 Å². The van der Waals surface area contributed by atoms with E-state index in [-0.39, 0.29) is 12.4 Å². The Labute approximate surface area is 82.7 Å². The van der Waals surface area contributed by atoms with E-state index in [2.05, 4.69) is 10.3 Å². The maximum atomic E-state index is 5.89. The van der Waals surface area contributed by atoms with Gasteiger partial charge in [-0.15, -0.1) is 12.4 Å². The number of rotatable bonds is 0. The highest BCUT2D eigenvalue weighted by molar-refractivity contribution is 6.30. The van der Waals surface area contributed by atoms with Gasteiger partial charge in [-0.3, -0.25) is 0 Å². The van der Waals surface area contributed by atoms with E-state index in [9.17, 15) is 0 Å². The molecule has 0 spiro atoms. The van der Waals surface area contributed by atoms with Crippen molar-refractivity contribution in [3.05, 3.63) is 28.5 Å². The second kappa shape index (κ2) is 4.08. The Balaban J connectivity index is 0.000000720. The third-order valence-electron chi connectivity index (χ3n) is 1.97. The van der Waals surface area contributed by atoms with Gasteiger partial charge in [0, 0.05) is 18.3 Å². The van der Waals surface area contributed by atoms with Crippen LogP contribution in [0.15, 0.2) is 12.3 Å². The van der Waals surface area contributed by atoms with Gasteiger partial charge < -0.3 is 5.32 Å². The third-order valence-corrected chi connectivity index (χ3v) is 2.30.